The van der Waals surface area contributed by atoms with Crippen molar-refractivity contribution in [3.8, 4) is 0 Å². The van der Waals surface area contributed by atoms with Gasteiger partial charge >= 0.3 is 10.4 Å². The topological polar surface area (TPSA) is 113 Å². The molecule has 0 fully saturated rings. The van der Waals surface area contributed by atoms with Gasteiger partial charge in [-0.1, -0.05) is 0 Å². The third-order valence-electron chi connectivity index (χ3n) is 0.246. The van der Waals surface area contributed by atoms with Crippen molar-refractivity contribution in [1.82, 2.24) is 5.32 Å². The molecule has 0 saturated carbocycles. The van der Waals surface area contributed by atoms with Crippen molar-refractivity contribution in [2.24, 2.45) is 5.73 Å². The van der Waals surface area contributed by atoms with Crippen LogP contribution in [0.15, 0.2) is 0 Å². The maximum atomic E-state index is 8.74. The van der Waals surface area contributed by atoms with E-state index < -0.39 is 10.4 Å². The second-order valence-corrected chi connectivity index (χ2v) is 2.40. The summed E-state index contributed by atoms with van der Waals surface area (Å²) in [6, 6.07) is 0. The van der Waals surface area contributed by atoms with E-state index in [2.05, 4.69) is 17.5 Å². The van der Waals surface area contributed by atoms with E-state index in [0.29, 0.717) is 5.11 Å². The minimum atomic E-state index is -4.67. The predicted octanol–water partition coefficient (Wildman–Crippen LogP) is -1.20. The largest absolute Gasteiger partial charge is 0.394 e. The standard InChI is InChI=1S/C2H6N2S.H2O4S/c1-4-2(3)5;1-5(2,3)4/h1H3,(H3,3,4,5);(H2,1,2,3,4). The van der Waals surface area contributed by atoms with Crippen LogP contribution >= 0.6 is 12.2 Å². The van der Waals surface area contributed by atoms with Gasteiger partial charge in [-0.15, -0.1) is 0 Å². The molecule has 10 heavy (non-hydrogen) atoms. The van der Waals surface area contributed by atoms with Crippen LogP contribution in [0.25, 0.3) is 0 Å². The molecule has 0 aliphatic carbocycles. The normalized spacial score (nSPS) is 9.10. The summed E-state index contributed by atoms with van der Waals surface area (Å²) in [5, 5.41) is 2.88. The quantitative estimate of drug-likeness (QED) is 0.279. The molecule has 0 bridgehead atoms. The van der Waals surface area contributed by atoms with E-state index in [0.717, 1.165) is 0 Å². The highest BCUT2D eigenvalue weighted by atomic mass is 32.3. The van der Waals surface area contributed by atoms with Crippen molar-refractivity contribution in [3.05, 3.63) is 0 Å². The Bertz CT molecular complexity index is 177. The summed E-state index contributed by atoms with van der Waals surface area (Å²) in [6.07, 6.45) is 0. The number of nitrogens with two attached hydrogens (primary N) is 1. The molecular formula is C2H8N2O4S2. The highest BCUT2D eigenvalue weighted by Crippen LogP contribution is 1.59. The summed E-state index contributed by atoms with van der Waals surface area (Å²) in [4.78, 5) is 0. The van der Waals surface area contributed by atoms with Gasteiger partial charge < -0.3 is 11.1 Å². The Labute approximate surface area is 64.0 Å². The second kappa shape index (κ2) is 5.35. The summed E-state index contributed by atoms with van der Waals surface area (Å²) < 4.78 is 31.6. The van der Waals surface area contributed by atoms with Gasteiger partial charge in [0.1, 0.15) is 0 Å². The Balaban J connectivity index is 0. The van der Waals surface area contributed by atoms with Crippen LogP contribution in [0, 0.1) is 0 Å². The Morgan fingerprint density at radius 3 is 1.70 bits per heavy atom. The van der Waals surface area contributed by atoms with Crippen molar-refractivity contribution >= 4 is 27.7 Å². The van der Waals surface area contributed by atoms with E-state index in [1.54, 1.807) is 7.05 Å². The summed E-state index contributed by atoms with van der Waals surface area (Å²) >= 11 is 4.36. The van der Waals surface area contributed by atoms with Crippen LogP contribution < -0.4 is 11.1 Å². The molecule has 0 aromatic heterocycles. The van der Waals surface area contributed by atoms with Crippen LogP contribution in [0.2, 0.25) is 0 Å². The second-order valence-electron chi connectivity index (χ2n) is 1.06. The van der Waals surface area contributed by atoms with Gasteiger partial charge in [-0.3, -0.25) is 9.11 Å². The number of nitrogens with one attached hydrogen (secondary N) is 1. The zero-order chi connectivity index (χ0) is 8.78. The molecule has 0 aromatic carbocycles. The number of hydrogen-bond acceptors (Lipinski definition) is 3. The molecule has 0 rings (SSSR count). The third kappa shape index (κ3) is 134. The lowest BCUT2D eigenvalue weighted by molar-refractivity contribution is 0.381. The molecule has 0 radical (unpaired) electrons. The molecule has 62 valence electrons. The minimum absolute atomic E-state index is 0.338. The first-order valence-electron chi connectivity index (χ1n) is 1.94. The molecule has 0 aliphatic heterocycles. The molecule has 0 heterocycles. The SMILES string of the molecule is CNC(N)=S.O=S(=O)(O)O. The predicted molar refractivity (Wildman–Crippen MR) is 40.0 cm³/mol. The Hall–Kier alpha value is -0.440. The van der Waals surface area contributed by atoms with E-state index in [-0.39, 0.29) is 0 Å². The molecule has 0 atom stereocenters. The molecule has 0 amide bonds. The molecule has 5 N–H and O–H groups in total. The van der Waals surface area contributed by atoms with Crippen molar-refractivity contribution in [3.63, 3.8) is 0 Å². The van der Waals surface area contributed by atoms with E-state index in [9.17, 15) is 0 Å². The maximum absolute atomic E-state index is 8.74. The average molecular weight is 188 g/mol. The molecule has 8 heteroatoms. The van der Waals surface area contributed by atoms with Gasteiger partial charge in [0.2, 0.25) is 0 Å². The fourth-order valence-corrected chi connectivity index (χ4v) is 0. The summed E-state index contributed by atoms with van der Waals surface area (Å²) in [5.74, 6) is 0. The number of hydrogen-bond donors (Lipinski definition) is 4. The smallest absolute Gasteiger partial charge is 0.376 e. The van der Waals surface area contributed by atoms with Crippen LogP contribution in [0.5, 0.6) is 0 Å². The third-order valence-corrected chi connectivity index (χ3v) is 0.451. The van der Waals surface area contributed by atoms with Gasteiger partial charge in [0.25, 0.3) is 0 Å². The Morgan fingerprint density at radius 1 is 1.60 bits per heavy atom. The van der Waals surface area contributed by atoms with Crippen molar-refractivity contribution in [1.29, 1.82) is 0 Å². The van der Waals surface area contributed by atoms with E-state index >= 15 is 0 Å². The Kier molecular flexibility index (Phi) is 6.56. The number of rotatable bonds is 0. The number of thiocarbonyl (C=S) groups is 1. The molecule has 0 saturated heterocycles. The zero-order valence-corrected chi connectivity index (χ0v) is 6.74. The highest BCUT2D eigenvalue weighted by molar-refractivity contribution is 7.80. The highest BCUT2D eigenvalue weighted by Gasteiger charge is 1.84. The lowest BCUT2D eigenvalue weighted by Crippen LogP contribution is -2.24. The Morgan fingerprint density at radius 2 is 1.70 bits per heavy atom. The monoisotopic (exact) mass is 188 g/mol. The fourth-order valence-electron chi connectivity index (χ4n) is 0. The molecule has 0 spiro atoms. The van der Waals surface area contributed by atoms with Crippen LogP contribution in [-0.4, -0.2) is 29.7 Å². The van der Waals surface area contributed by atoms with Crippen LogP contribution in [0.4, 0.5) is 0 Å². The summed E-state index contributed by atoms with van der Waals surface area (Å²) in [6.45, 7) is 0. The van der Waals surface area contributed by atoms with Gasteiger partial charge in [0, 0.05) is 7.05 Å². The molecule has 0 unspecified atom stereocenters. The van der Waals surface area contributed by atoms with Crippen LogP contribution in [-0.2, 0) is 10.4 Å². The van der Waals surface area contributed by atoms with Gasteiger partial charge in [-0.25, -0.2) is 0 Å². The van der Waals surface area contributed by atoms with E-state index in [4.69, 9.17) is 23.3 Å². The molecule has 0 aromatic rings. The van der Waals surface area contributed by atoms with Gasteiger partial charge in [-0.05, 0) is 12.2 Å². The average Bonchev–Trinajstić information content (AvgIpc) is 1.61. The first kappa shape index (κ1) is 12.3. The molecule has 6 nitrogen and oxygen atoms in total. The van der Waals surface area contributed by atoms with Crippen molar-refractivity contribution in [2.75, 3.05) is 7.05 Å². The lowest BCUT2D eigenvalue weighted by Gasteiger charge is -1.85. The van der Waals surface area contributed by atoms with Gasteiger partial charge in [-0.2, -0.15) is 8.42 Å². The first-order valence-corrected chi connectivity index (χ1v) is 3.75. The van der Waals surface area contributed by atoms with E-state index in [1.807, 2.05) is 0 Å². The van der Waals surface area contributed by atoms with Crippen LogP contribution in [0.1, 0.15) is 0 Å². The first-order chi connectivity index (χ1) is 4.27. The van der Waals surface area contributed by atoms with Crippen LogP contribution in [0.3, 0.4) is 0 Å². The van der Waals surface area contributed by atoms with Crippen molar-refractivity contribution in [2.45, 2.75) is 0 Å². The maximum Gasteiger partial charge on any atom is 0.394 e. The summed E-state index contributed by atoms with van der Waals surface area (Å²) in [5.41, 5.74) is 4.91. The minimum Gasteiger partial charge on any atom is -0.376 e. The molecular weight excluding hydrogens is 180 g/mol. The van der Waals surface area contributed by atoms with Crippen molar-refractivity contribution < 1.29 is 17.5 Å². The lowest BCUT2D eigenvalue weighted by atomic mass is 11.1. The molecule has 0 aliphatic rings. The van der Waals surface area contributed by atoms with Gasteiger partial charge in [0.05, 0.1) is 0 Å². The summed E-state index contributed by atoms with van der Waals surface area (Å²) in [7, 11) is -2.98. The zero-order valence-electron chi connectivity index (χ0n) is 5.10. The van der Waals surface area contributed by atoms with Gasteiger partial charge in [0.15, 0.2) is 5.11 Å². The van der Waals surface area contributed by atoms with E-state index in [1.165, 1.54) is 0 Å². The fraction of sp³-hybridized carbons (Fsp3) is 0.500.